The van der Waals surface area contributed by atoms with Crippen molar-refractivity contribution in [3.05, 3.63) is 123 Å². The number of H-pyrrole nitrogens is 1. The predicted molar refractivity (Wildman–Crippen MR) is 159 cm³/mol. The molecule has 0 aliphatic heterocycles. The van der Waals surface area contributed by atoms with Gasteiger partial charge in [0.25, 0.3) is 0 Å². The molecule has 0 unspecified atom stereocenters. The molecule has 1 heterocycles. The topological polar surface area (TPSA) is 97.4 Å². The third-order valence-electron chi connectivity index (χ3n) is 7.06. The van der Waals surface area contributed by atoms with Crippen LogP contribution in [0.4, 0.5) is 0 Å². The molecule has 0 amide bonds. The third-order valence-corrected chi connectivity index (χ3v) is 7.99. The van der Waals surface area contributed by atoms with Gasteiger partial charge in [0.05, 0.1) is 10.8 Å². The second kappa shape index (κ2) is 12.4. The third kappa shape index (κ3) is 6.46. The van der Waals surface area contributed by atoms with Gasteiger partial charge in [-0.05, 0) is 53.8 Å². The number of fused-ring (bicyclic) bond motifs is 1. The van der Waals surface area contributed by atoms with Crippen LogP contribution in [0.1, 0.15) is 41.3 Å². The van der Waals surface area contributed by atoms with Gasteiger partial charge in [0.15, 0.2) is 0 Å². The molecule has 5 aromatic rings. The summed E-state index contributed by atoms with van der Waals surface area (Å²) in [5, 5.41) is 27.6. The second-order valence-electron chi connectivity index (χ2n) is 9.73. The fourth-order valence-electron chi connectivity index (χ4n) is 4.81. The Kier molecular flexibility index (Phi) is 8.54. The highest BCUT2D eigenvalue weighted by atomic mass is 32.1. The first-order chi connectivity index (χ1) is 19.0. The first kappa shape index (κ1) is 26.8. The molecular formula is C32H33N3O3S. The van der Waals surface area contributed by atoms with Crippen molar-refractivity contribution < 1.29 is 10.2 Å². The average Bonchev–Trinajstić information content (AvgIpc) is 3.37. The van der Waals surface area contributed by atoms with Crippen LogP contribution in [-0.4, -0.2) is 28.3 Å². The van der Waals surface area contributed by atoms with Crippen LogP contribution in [-0.2, 0) is 13.0 Å². The number of phenolic OH excluding ortho intramolecular Hbond substituents is 1. The number of hydrogen-bond donors (Lipinski definition) is 5. The summed E-state index contributed by atoms with van der Waals surface area (Å²) >= 11 is 0.998. The van der Waals surface area contributed by atoms with Crippen LogP contribution in [0.25, 0.3) is 21.3 Å². The van der Waals surface area contributed by atoms with Crippen LogP contribution in [0.15, 0.2) is 95.8 Å². The van der Waals surface area contributed by atoms with Crippen molar-refractivity contribution in [2.24, 2.45) is 0 Å². The number of aromatic nitrogens is 1. The van der Waals surface area contributed by atoms with E-state index in [4.69, 9.17) is 0 Å². The summed E-state index contributed by atoms with van der Waals surface area (Å²) in [7, 11) is 0. The Hall–Kier alpha value is -3.75. The van der Waals surface area contributed by atoms with Crippen molar-refractivity contribution in [1.29, 1.82) is 0 Å². The molecule has 0 bridgehead atoms. The van der Waals surface area contributed by atoms with Crippen molar-refractivity contribution in [2.75, 3.05) is 13.1 Å². The van der Waals surface area contributed by atoms with Gasteiger partial charge < -0.3 is 25.8 Å². The minimum absolute atomic E-state index is 0.0105. The number of aliphatic hydroxyl groups excluding tert-OH is 1. The highest BCUT2D eigenvalue weighted by Crippen LogP contribution is 2.31. The molecule has 0 radical (unpaired) electrons. The number of benzene rings is 4. The summed E-state index contributed by atoms with van der Waals surface area (Å²) in [5.41, 5.74) is 7.18. The van der Waals surface area contributed by atoms with Gasteiger partial charge in [0.2, 0.25) is 0 Å². The lowest BCUT2D eigenvalue weighted by atomic mass is 9.97. The molecule has 2 atom stereocenters. The zero-order valence-electron chi connectivity index (χ0n) is 21.9. The molecule has 0 fully saturated rings. The van der Waals surface area contributed by atoms with Gasteiger partial charge >= 0.3 is 4.87 Å². The molecule has 0 saturated carbocycles. The van der Waals surface area contributed by atoms with Crippen molar-refractivity contribution >= 4 is 21.6 Å². The second-order valence-corrected chi connectivity index (χ2v) is 10.7. The minimum atomic E-state index is -0.781. The van der Waals surface area contributed by atoms with Crippen LogP contribution in [0, 0.1) is 0 Å². The van der Waals surface area contributed by atoms with Gasteiger partial charge in [-0.25, -0.2) is 0 Å². The van der Waals surface area contributed by atoms with Gasteiger partial charge in [-0.15, -0.1) is 0 Å². The van der Waals surface area contributed by atoms with E-state index in [1.54, 1.807) is 6.07 Å². The maximum absolute atomic E-state index is 11.7. The van der Waals surface area contributed by atoms with Crippen LogP contribution in [0.2, 0.25) is 0 Å². The Bertz CT molecular complexity index is 1580. The monoisotopic (exact) mass is 539 g/mol. The SMILES string of the molecule is C[C@@H](NCc1ccccc1-c1ccc(CCNC[C@H](O)c2ccc(O)c3[nH]c(=O)sc23)cc1)c1ccccc1. The quantitative estimate of drug-likeness (QED) is 0.139. The normalized spacial score (nSPS) is 13.0. The molecule has 4 aromatic carbocycles. The predicted octanol–water partition coefficient (Wildman–Crippen LogP) is 5.68. The van der Waals surface area contributed by atoms with E-state index in [0.717, 1.165) is 24.3 Å². The number of thiazole rings is 1. The van der Waals surface area contributed by atoms with Crippen LogP contribution < -0.4 is 15.5 Å². The molecule has 5 N–H and O–H groups in total. The van der Waals surface area contributed by atoms with Crippen molar-refractivity contribution in [2.45, 2.75) is 32.0 Å². The number of aromatic hydroxyl groups is 1. The Morgan fingerprint density at radius 2 is 1.67 bits per heavy atom. The van der Waals surface area contributed by atoms with Crippen LogP contribution in [0.5, 0.6) is 5.75 Å². The lowest BCUT2D eigenvalue weighted by Crippen LogP contribution is -2.23. The summed E-state index contributed by atoms with van der Waals surface area (Å²) in [6, 6.07) is 31.1. The van der Waals surface area contributed by atoms with Gasteiger partial charge in [-0.1, -0.05) is 96.3 Å². The number of phenols is 1. The Morgan fingerprint density at radius 3 is 2.46 bits per heavy atom. The van der Waals surface area contributed by atoms with E-state index < -0.39 is 6.10 Å². The van der Waals surface area contributed by atoms with Crippen molar-refractivity contribution in [3.8, 4) is 16.9 Å². The smallest absolute Gasteiger partial charge is 0.305 e. The molecule has 200 valence electrons. The molecule has 6 nitrogen and oxygen atoms in total. The van der Waals surface area contributed by atoms with Crippen LogP contribution >= 0.6 is 11.3 Å². The summed E-state index contributed by atoms with van der Waals surface area (Å²) in [5.74, 6) is 0.0105. The zero-order valence-corrected chi connectivity index (χ0v) is 22.7. The van der Waals surface area contributed by atoms with Gasteiger partial charge in [0.1, 0.15) is 11.3 Å². The lowest BCUT2D eigenvalue weighted by molar-refractivity contribution is 0.176. The molecule has 39 heavy (non-hydrogen) atoms. The largest absolute Gasteiger partial charge is 0.506 e. The standard InChI is InChI=1S/C32H33N3O3S/c1-21(23-7-3-2-4-8-23)34-19-25-9-5-6-10-26(25)24-13-11-22(12-14-24)17-18-33-20-29(37)27-15-16-28(36)30-31(27)39-32(38)35-30/h2-16,21,29,33-34,36-37H,17-20H2,1H3,(H,35,38)/t21-,29+/m1/s1. The first-order valence-corrected chi connectivity index (χ1v) is 14.0. The molecule has 7 heteroatoms. The molecule has 0 spiro atoms. The zero-order chi connectivity index (χ0) is 27.2. The van der Waals surface area contributed by atoms with Gasteiger partial charge in [0, 0.05) is 24.7 Å². The summed E-state index contributed by atoms with van der Waals surface area (Å²) < 4.78 is 0.592. The van der Waals surface area contributed by atoms with E-state index in [2.05, 4.69) is 95.3 Å². The van der Waals surface area contributed by atoms with Gasteiger partial charge in [-0.3, -0.25) is 4.79 Å². The number of aromatic amines is 1. The molecule has 0 saturated heterocycles. The highest BCUT2D eigenvalue weighted by molar-refractivity contribution is 7.16. The fraction of sp³-hybridized carbons (Fsp3) is 0.219. The fourth-order valence-corrected chi connectivity index (χ4v) is 5.73. The Morgan fingerprint density at radius 1 is 0.923 bits per heavy atom. The lowest BCUT2D eigenvalue weighted by Gasteiger charge is -2.17. The maximum Gasteiger partial charge on any atom is 0.305 e. The van der Waals surface area contributed by atoms with Crippen molar-refractivity contribution in [3.63, 3.8) is 0 Å². The van der Waals surface area contributed by atoms with E-state index in [0.29, 0.717) is 28.9 Å². The van der Waals surface area contributed by atoms with Crippen molar-refractivity contribution in [1.82, 2.24) is 15.6 Å². The molecule has 1 aromatic heterocycles. The minimum Gasteiger partial charge on any atom is -0.506 e. The molecular weight excluding hydrogens is 506 g/mol. The summed E-state index contributed by atoms with van der Waals surface area (Å²) in [6.07, 6.45) is 0.0458. The summed E-state index contributed by atoms with van der Waals surface area (Å²) in [4.78, 5) is 14.1. The average molecular weight is 540 g/mol. The number of hydrogen-bond acceptors (Lipinski definition) is 6. The Balaban J connectivity index is 1.15. The van der Waals surface area contributed by atoms with E-state index in [9.17, 15) is 15.0 Å². The van der Waals surface area contributed by atoms with Crippen LogP contribution in [0.3, 0.4) is 0 Å². The maximum atomic E-state index is 11.7. The van der Waals surface area contributed by atoms with E-state index >= 15 is 0 Å². The first-order valence-electron chi connectivity index (χ1n) is 13.2. The van der Waals surface area contributed by atoms with Gasteiger partial charge in [-0.2, -0.15) is 0 Å². The number of aliphatic hydroxyl groups is 1. The van der Waals surface area contributed by atoms with E-state index in [-0.39, 0.29) is 16.7 Å². The number of nitrogens with one attached hydrogen (secondary N) is 3. The molecule has 5 rings (SSSR count). The molecule has 0 aliphatic rings. The number of rotatable bonds is 11. The van der Waals surface area contributed by atoms with E-state index in [1.165, 1.54) is 33.9 Å². The Labute approximate surface area is 232 Å². The highest BCUT2D eigenvalue weighted by Gasteiger charge is 2.16. The summed E-state index contributed by atoms with van der Waals surface area (Å²) in [6.45, 7) is 4.03. The van der Waals surface area contributed by atoms with E-state index in [1.807, 2.05) is 6.07 Å². The molecule has 0 aliphatic carbocycles.